The van der Waals surface area contributed by atoms with Gasteiger partial charge in [0, 0.05) is 18.7 Å². The molecular weight excluding hydrogens is 206 g/mol. The largest absolute Gasteiger partial charge is 0.493 e. The fourth-order valence-electron chi connectivity index (χ4n) is 1.30. The van der Waals surface area contributed by atoms with Crippen LogP contribution in [0.2, 0.25) is 0 Å². The van der Waals surface area contributed by atoms with Crippen LogP contribution >= 0.6 is 0 Å². The van der Waals surface area contributed by atoms with Gasteiger partial charge in [-0.25, -0.2) is 0 Å². The lowest BCUT2D eigenvalue weighted by Gasteiger charge is -2.04. The van der Waals surface area contributed by atoms with E-state index in [-0.39, 0.29) is 0 Å². The first-order valence-electron chi connectivity index (χ1n) is 5.01. The van der Waals surface area contributed by atoms with Crippen molar-refractivity contribution in [2.24, 2.45) is 0 Å². The minimum absolute atomic E-state index is 0.491. The summed E-state index contributed by atoms with van der Waals surface area (Å²) in [5.74, 6) is 1.90. The van der Waals surface area contributed by atoms with Crippen molar-refractivity contribution in [3.05, 3.63) is 36.0 Å². The lowest BCUT2D eigenvalue weighted by molar-refractivity contribution is 0.305. The topological polar surface area (TPSA) is 74.2 Å². The van der Waals surface area contributed by atoms with E-state index in [4.69, 9.17) is 14.9 Å². The number of anilines is 1. The monoisotopic (exact) mass is 219 g/mol. The molecule has 1 aromatic carbocycles. The molecule has 0 aliphatic rings. The van der Waals surface area contributed by atoms with Gasteiger partial charge in [0.2, 0.25) is 11.8 Å². The minimum atomic E-state index is 0.491. The third-order valence-corrected chi connectivity index (χ3v) is 2.01. The number of hydrogen-bond donors (Lipinski definition) is 1. The predicted octanol–water partition coefficient (Wildman–Crippen LogP) is 1.58. The highest BCUT2D eigenvalue weighted by atomic mass is 16.5. The van der Waals surface area contributed by atoms with Gasteiger partial charge in [-0.3, -0.25) is 0 Å². The van der Waals surface area contributed by atoms with Crippen LogP contribution < -0.4 is 10.5 Å². The van der Waals surface area contributed by atoms with E-state index in [1.54, 1.807) is 13.0 Å². The molecule has 2 aromatic rings. The molecule has 0 aliphatic carbocycles. The first kappa shape index (κ1) is 10.5. The molecule has 0 bridgehead atoms. The average Bonchev–Trinajstić information content (AvgIpc) is 2.64. The van der Waals surface area contributed by atoms with Gasteiger partial charge in [0.1, 0.15) is 5.75 Å². The third kappa shape index (κ3) is 2.73. The molecule has 0 aliphatic heterocycles. The summed E-state index contributed by atoms with van der Waals surface area (Å²) < 4.78 is 10.7. The molecule has 0 unspecified atom stereocenters. The second-order valence-corrected chi connectivity index (χ2v) is 3.39. The maximum atomic E-state index is 5.62. The van der Waals surface area contributed by atoms with Gasteiger partial charge in [-0.2, -0.15) is 0 Å². The number of ether oxygens (including phenoxy) is 1. The number of hydrogen-bond acceptors (Lipinski definition) is 5. The molecule has 2 rings (SSSR count). The average molecular weight is 219 g/mol. The summed E-state index contributed by atoms with van der Waals surface area (Å²) >= 11 is 0. The van der Waals surface area contributed by atoms with Gasteiger partial charge in [-0.15, -0.1) is 10.2 Å². The van der Waals surface area contributed by atoms with Gasteiger partial charge in [-0.1, -0.05) is 6.07 Å². The molecule has 5 heteroatoms. The Labute approximate surface area is 93.2 Å². The van der Waals surface area contributed by atoms with Crippen molar-refractivity contribution < 1.29 is 9.15 Å². The molecule has 0 fully saturated rings. The fraction of sp³-hybridized carbons (Fsp3) is 0.273. The molecule has 0 saturated heterocycles. The Morgan fingerprint density at radius 2 is 2.25 bits per heavy atom. The van der Waals surface area contributed by atoms with Crippen molar-refractivity contribution in [3.63, 3.8) is 0 Å². The van der Waals surface area contributed by atoms with Crippen LogP contribution in [0, 0.1) is 6.92 Å². The highest BCUT2D eigenvalue weighted by molar-refractivity contribution is 5.43. The third-order valence-electron chi connectivity index (χ3n) is 2.01. The molecule has 1 heterocycles. The smallest absolute Gasteiger partial charge is 0.219 e. The summed E-state index contributed by atoms with van der Waals surface area (Å²) in [6, 6.07) is 7.30. The molecule has 1 aromatic heterocycles. The summed E-state index contributed by atoms with van der Waals surface area (Å²) in [5.41, 5.74) is 6.31. The number of nitrogens with zero attached hydrogens (tertiary/aromatic N) is 2. The van der Waals surface area contributed by atoms with Crippen molar-refractivity contribution in [1.29, 1.82) is 0 Å². The Balaban J connectivity index is 1.84. The van der Waals surface area contributed by atoms with Gasteiger partial charge in [0.15, 0.2) is 0 Å². The Kier molecular flexibility index (Phi) is 3.05. The molecule has 0 spiro atoms. The van der Waals surface area contributed by atoms with Crippen LogP contribution in [0.25, 0.3) is 0 Å². The summed E-state index contributed by atoms with van der Waals surface area (Å²) in [6.45, 7) is 2.25. The molecule has 0 radical (unpaired) electrons. The highest BCUT2D eigenvalue weighted by Gasteiger charge is 2.02. The Hall–Kier alpha value is -2.04. The molecule has 16 heavy (non-hydrogen) atoms. The number of aryl methyl sites for hydroxylation is 1. The zero-order chi connectivity index (χ0) is 11.4. The van der Waals surface area contributed by atoms with Gasteiger partial charge in [-0.05, 0) is 12.1 Å². The standard InChI is InChI=1S/C11H13N3O2/c1-8-13-14-11(16-8)5-6-15-10-4-2-3-9(12)7-10/h2-4,7H,5-6,12H2,1H3. The normalized spacial score (nSPS) is 10.3. The lowest BCUT2D eigenvalue weighted by Crippen LogP contribution is -2.01. The Morgan fingerprint density at radius 1 is 1.38 bits per heavy atom. The van der Waals surface area contributed by atoms with Crippen LogP contribution in [-0.2, 0) is 6.42 Å². The SMILES string of the molecule is Cc1nnc(CCOc2cccc(N)c2)o1. The Morgan fingerprint density at radius 3 is 2.94 bits per heavy atom. The zero-order valence-electron chi connectivity index (χ0n) is 9.01. The van der Waals surface area contributed by atoms with E-state index in [0.717, 1.165) is 5.75 Å². The van der Waals surface area contributed by atoms with Gasteiger partial charge in [0.25, 0.3) is 0 Å². The van der Waals surface area contributed by atoms with E-state index in [0.29, 0.717) is 30.5 Å². The minimum Gasteiger partial charge on any atom is -0.493 e. The van der Waals surface area contributed by atoms with E-state index in [2.05, 4.69) is 10.2 Å². The van der Waals surface area contributed by atoms with Crippen molar-refractivity contribution in [2.45, 2.75) is 13.3 Å². The number of nitrogens with two attached hydrogens (primary N) is 1. The Bertz CT molecular complexity index is 468. The van der Waals surface area contributed by atoms with Crippen LogP contribution in [0.3, 0.4) is 0 Å². The molecule has 0 atom stereocenters. The van der Waals surface area contributed by atoms with E-state index >= 15 is 0 Å². The van der Waals surface area contributed by atoms with Crippen LogP contribution in [0.5, 0.6) is 5.75 Å². The van der Waals surface area contributed by atoms with Crippen molar-refractivity contribution in [3.8, 4) is 5.75 Å². The number of rotatable bonds is 4. The van der Waals surface area contributed by atoms with Gasteiger partial charge >= 0.3 is 0 Å². The zero-order valence-corrected chi connectivity index (χ0v) is 9.01. The number of benzene rings is 1. The lowest BCUT2D eigenvalue weighted by atomic mass is 10.3. The quantitative estimate of drug-likeness (QED) is 0.790. The number of aromatic nitrogens is 2. The van der Waals surface area contributed by atoms with Crippen LogP contribution in [0.4, 0.5) is 5.69 Å². The molecule has 2 N–H and O–H groups in total. The van der Waals surface area contributed by atoms with E-state index in [1.807, 2.05) is 18.2 Å². The van der Waals surface area contributed by atoms with Crippen molar-refractivity contribution >= 4 is 5.69 Å². The molecule has 0 amide bonds. The summed E-state index contributed by atoms with van der Waals surface area (Å²) in [7, 11) is 0. The van der Waals surface area contributed by atoms with E-state index in [9.17, 15) is 0 Å². The van der Waals surface area contributed by atoms with Gasteiger partial charge < -0.3 is 14.9 Å². The number of nitrogen functional groups attached to an aromatic ring is 1. The van der Waals surface area contributed by atoms with Crippen LogP contribution in [0.15, 0.2) is 28.7 Å². The maximum absolute atomic E-state index is 5.62. The first-order chi connectivity index (χ1) is 7.74. The van der Waals surface area contributed by atoms with Crippen molar-refractivity contribution in [2.75, 3.05) is 12.3 Å². The van der Waals surface area contributed by atoms with E-state index < -0.39 is 0 Å². The summed E-state index contributed by atoms with van der Waals surface area (Å²) in [6.07, 6.45) is 0.593. The maximum Gasteiger partial charge on any atom is 0.219 e. The van der Waals surface area contributed by atoms with Crippen LogP contribution in [-0.4, -0.2) is 16.8 Å². The second-order valence-electron chi connectivity index (χ2n) is 3.39. The fourth-order valence-corrected chi connectivity index (χ4v) is 1.30. The van der Waals surface area contributed by atoms with Crippen molar-refractivity contribution in [1.82, 2.24) is 10.2 Å². The van der Waals surface area contributed by atoms with E-state index in [1.165, 1.54) is 0 Å². The predicted molar refractivity (Wildman–Crippen MR) is 59.1 cm³/mol. The summed E-state index contributed by atoms with van der Waals surface area (Å²) in [4.78, 5) is 0. The second kappa shape index (κ2) is 4.65. The highest BCUT2D eigenvalue weighted by Crippen LogP contribution is 2.14. The molecule has 84 valence electrons. The van der Waals surface area contributed by atoms with Crippen LogP contribution in [0.1, 0.15) is 11.8 Å². The molecule has 5 nitrogen and oxygen atoms in total. The molecular formula is C11H13N3O2. The first-order valence-corrected chi connectivity index (χ1v) is 5.01. The van der Waals surface area contributed by atoms with Gasteiger partial charge in [0.05, 0.1) is 13.0 Å². The molecule has 0 saturated carbocycles. The summed E-state index contributed by atoms with van der Waals surface area (Å²) in [5, 5.41) is 7.61.